The number of rotatable bonds is 5. The van der Waals surface area contributed by atoms with Crippen molar-refractivity contribution in [3.05, 3.63) is 0 Å². The zero-order valence-electron chi connectivity index (χ0n) is 10.4. The van der Waals surface area contributed by atoms with Crippen LogP contribution in [0.5, 0.6) is 0 Å². The monoisotopic (exact) mass is 282 g/mol. The molecule has 0 aliphatic carbocycles. The summed E-state index contributed by atoms with van der Waals surface area (Å²) in [4.78, 5) is 23.5. The van der Waals surface area contributed by atoms with E-state index in [-0.39, 0.29) is 18.9 Å². The van der Waals surface area contributed by atoms with Gasteiger partial charge < -0.3 is 10.4 Å². The maximum absolute atomic E-state index is 11.9. The summed E-state index contributed by atoms with van der Waals surface area (Å²) >= 11 is 0. The second kappa shape index (κ2) is 6.74. The molecule has 0 spiro atoms. The number of amides is 1. The average molecular weight is 282 g/mol. The molecule has 1 aliphatic rings. The van der Waals surface area contributed by atoms with Gasteiger partial charge in [0.2, 0.25) is 5.91 Å². The van der Waals surface area contributed by atoms with Crippen LogP contribution in [0.15, 0.2) is 0 Å². The summed E-state index contributed by atoms with van der Waals surface area (Å²) < 4.78 is 35.6. The van der Waals surface area contributed by atoms with Crippen molar-refractivity contribution in [3.8, 4) is 0 Å². The number of carboxylic acid groups (broad SMARTS) is 1. The van der Waals surface area contributed by atoms with Gasteiger partial charge in [0.25, 0.3) is 0 Å². The molecule has 0 radical (unpaired) electrons. The SMILES string of the molecule is O=C(O)CC1CCN(CC(=O)NCC(F)(F)F)CC1. The van der Waals surface area contributed by atoms with Crippen LogP contribution < -0.4 is 5.32 Å². The zero-order valence-corrected chi connectivity index (χ0v) is 10.4. The summed E-state index contributed by atoms with van der Waals surface area (Å²) in [5, 5.41) is 10.5. The molecule has 0 atom stereocenters. The van der Waals surface area contributed by atoms with E-state index < -0.39 is 24.6 Å². The second-order valence-corrected chi connectivity index (χ2v) is 4.71. The predicted molar refractivity (Wildman–Crippen MR) is 60.5 cm³/mol. The van der Waals surface area contributed by atoms with Crippen molar-refractivity contribution in [2.24, 2.45) is 5.92 Å². The van der Waals surface area contributed by atoms with Gasteiger partial charge in [0.15, 0.2) is 0 Å². The highest BCUT2D eigenvalue weighted by atomic mass is 19.4. The minimum Gasteiger partial charge on any atom is -0.481 e. The number of carboxylic acids is 1. The number of hydrogen-bond acceptors (Lipinski definition) is 3. The highest BCUT2D eigenvalue weighted by Crippen LogP contribution is 2.20. The lowest BCUT2D eigenvalue weighted by Crippen LogP contribution is -2.44. The van der Waals surface area contributed by atoms with Crippen molar-refractivity contribution in [1.29, 1.82) is 0 Å². The van der Waals surface area contributed by atoms with E-state index in [0.717, 1.165) is 0 Å². The predicted octanol–water partition coefficient (Wildman–Crippen LogP) is 0.852. The minimum absolute atomic E-state index is 0.0735. The van der Waals surface area contributed by atoms with Gasteiger partial charge in [-0.1, -0.05) is 0 Å². The third-order valence-electron chi connectivity index (χ3n) is 3.02. The van der Waals surface area contributed by atoms with Crippen molar-refractivity contribution < 1.29 is 27.9 Å². The Morgan fingerprint density at radius 1 is 1.26 bits per heavy atom. The van der Waals surface area contributed by atoms with Gasteiger partial charge in [-0.3, -0.25) is 14.5 Å². The Bertz CT molecular complexity index is 326. The molecule has 1 aliphatic heterocycles. The van der Waals surface area contributed by atoms with E-state index in [9.17, 15) is 22.8 Å². The number of likely N-dealkylation sites (tertiary alicyclic amines) is 1. The zero-order chi connectivity index (χ0) is 14.5. The second-order valence-electron chi connectivity index (χ2n) is 4.71. The first-order valence-corrected chi connectivity index (χ1v) is 6.04. The van der Waals surface area contributed by atoms with Gasteiger partial charge in [-0.25, -0.2) is 0 Å². The first-order valence-electron chi connectivity index (χ1n) is 6.04. The van der Waals surface area contributed by atoms with Crippen LogP contribution in [0.4, 0.5) is 13.2 Å². The number of alkyl halides is 3. The van der Waals surface area contributed by atoms with Crippen LogP contribution in [0.2, 0.25) is 0 Å². The standard InChI is InChI=1S/C11H17F3N2O3/c12-11(13,14)7-15-9(17)6-16-3-1-8(2-4-16)5-10(18)19/h8H,1-7H2,(H,15,17)(H,18,19). The molecule has 1 amide bonds. The molecular formula is C11H17F3N2O3. The topological polar surface area (TPSA) is 69.6 Å². The molecule has 0 unspecified atom stereocenters. The molecular weight excluding hydrogens is 265 g/mol. The van der Waals surface area contributed by atoms with Crippen molar-refractivity contribution in [2.45, 2.75) is 25.4 Å². The first kappa shape index (κ1) is 15.7. The molecule has 1 heterocycles. The minimum atomic E-state index is -4.40. The summed E-state index contributed by atoms with van der Waals surface area (Å²) in [6.45, 7) is -0.314. The van der Waals surface area contributed by atoms with Gasteiger partial charge in [0.1, 0.15) is 6.54 Å². The highest BCUT2D eigenvalue weighted by Gasteiger charge is 2.28. The van der Waals surface area contributed by atoms with Gasteiger partial charge in [-0.15, -0.1) is 0 Å². The summed E-state index contributed by atoms with van der Waals surface area (Å²) in [7, 11) is 0. The maximum atomic E-state index is 11.9. The fraction of sp³-hybridized carbons (Fsp3) is 0.818. The third-order valence-corrected chi connectivity index (χ3v) is 3.02. The van der Waals surface area contributed by atoms with E-state index >= 15 is 0 Å². The molecule has 1 saturated heterocycles. The van der Waals surface area contributed by atoms with E-state index in [1.807, 2.05) is 5.32 Å². The van der Waals surface area contributed by atoms with Crippen molar-refractivity contribution in [3.63, 3.8) is 0 Å². The van der Waals surface area contributed by atoms with Gasteiger partial charge in [-0.05, 0) is 31.8 Å². The lowest BCUT2D eigenvalue weighted by Gasteiger charge is -2.30. The molecule has 1 rings (SSSR count). The van der Waals surface area contributed by atoms with Gasteiger partial charge in [0.05, 0.1) is 6.54 Å². The Labute approximate surface area is 108 Å². The molecule has 2 N–H and O–H groups in total. The van der Waals surface area contributed by atoms with Crippen LogP contribution >= 0.6 is 0 Å². The number of halogens is 3. The molecule has 110 valence electrons. The van der Waals surface area contributed by atoms with E-state index in [2.05, 4.69) is 0 Å². The van der Waals surface area contributed by atoms with Gasteiger partial charge in [-0.2, -0.15) is 13.2 Å². The van der Waals surface area contributed by atoms with E-state index in [0.29, 0.717) is 25.9 Å². The Hall–Kier alpha value is -1.31. The molecule has 1 fully saturated rings. The van der Waals surface area contributed by atoms with Crippen LogP contribution in [0.25, 0.3) is 0 Å². The molecule has 19 heavy (non-hydrogen) atoms. The van der Waals surface area contributed by atoms with E-state index in [1.54, 1.807) is 4.90 Å². The number of aliphatic carboxylic acids is 1. The fourth-order valence-corrected chi connectivity index (χ4v) is 2.05. The van der Waals surface area contributed by atoms with Gasteiger partial charge in [0, 0.05) is 6.42 Å². The number of nitrogens with one attached hydrogen (secondary N) is 1. The van der Waals surface area contributed by atoms with E-state index in [4.69, 9.17) is 5.11 Å². The third kappa shape index (κ3) is 7.00. The molecule has 8 heteroatoms. The normalized spacial score (nSPS) is 18.3. The van der Waals surface area contributed by atoms with Crippen LogP contribution in [-0.4, -0.2) is 54.2 Å². The van der Waals surface area contributed by atoms with E-state index in [1.165, 1.54) is 0 Å². The Balaban J connectivity index is 2.21. The number of nitrogens with zero attached hydrogens (tertiary/aromatic N) is 1. The maximum Gasteiger partial charge on any atom is 0.405 e. The average Bonchev–Trinajstić information content (AvgIpc) is 2.28. The summed E-state index contributed by atoms with van der Waals surface area (Å²) in [5.41, 5.74) is 0. The summed E-state index contributed by atoms with van der Waals surface area (Å²) in [6.07, 6.45) is -2.99. The highest BCUT2D eigenvalue weighted by molar-refractivity contribution is 5.78. The Morgan fingerprint density at radius 2 is 1.84 bits per heavy atom. The number of carbonyl (C=O) groups is 2. The molecule has 0 saturated carbocycles. The van der Waals surface area contributed by atoms with Crippen LogP contribution in [0.1, 0.15) is 19.3 Å². The van der Waals surface area contributed by atoms with Crippen molar-refractivity contribution in [1.82, 2.24) is 10.2 Å². The lowest BCUT2D eigenvalue weighted by atomic mass is 9.94. The molecule has 0 aromatic rings. The van der Waals surface area contributed by atoms with Crippen LogP contribution in [-0.2, 0) is 9.59 Å². The molecule has 0 aromatic heterocycles. The summed E-state index contributed by atoms with van der Waals surface area (Å²) in [6, 6.07) is 0. The largest absolute Gasteiger partial charge is 0.481 e. The van der Waals surface area contributed by atoms with Crippen LogP contribution in [0.3, 0.4) is 0 Å². The van der Waals surface area contributed by atoms with Crippen molar-refractivity contribution >= 4 is 11.9 Å². The first-order chi connectivity index (χ1) is 8.76. The quantitative estimate of drug-likeness (QED) is 0.784. The number of carbonyl (C=O) groups excluding carboxylic acids is 1. The lowest BCUT2D eigenvalue weighted by molar-refractivity contribution is -0.139. The molecule has 5 nitrogen and oxygen atoms in total. The van der Waals surface area contributed by atoms with Crippen molar-refractivity contribution in [2.75, 3.05) is 26.2 Å². The van der Waals surface area contributed by atoms with Crippen LogP contribution in [0, 0.1) is 5.92 Å². The number of hydrogen-bond donors (Lipinski definition) is 2. The smallest absolute Gasteiger partial charge is 0.405 e. The fourth-order valence-electron chi connectivity index (χ4n) is 2.05. The van der Waals surface area contributed by atoms with Gasteiger partial charge >= 0.3 is 12.1 Å². The Morgan fingerprint density at radius 3 is 2.32 bits per heavy atom. The summed E-state index contributed by atoms with van der Waals surface area (Å²) in [5.74, 6) is -1.41. The molecule has 0 bridgehead atoms. The Kier molecular flexibility index (Phi) is 5.59. The molecule has 0 aromatic carbocycles. The number of piperidine rings is 1.